The number of halogens is 1. The first-order valence-electron chi connectivity index (χ1n) is 3.91. The predicted octanol–water partition coefficient (Wildman–Crippen LogP) is 1.08. The van der Waals surface area contributed by atoms with Gasteiger partial charge in [0.15, 0.2) is 0 Å². The summed E-state index contributed by atoms with van der Waals surface area (Å²) < 4.78 is 1.63. The maximum Gasteiger partial charge on any atom is 0.113 e. The minimum absolute atomic E-state index is 0.0466. The van der Waals surface area contributed by atoms with Crippen molar-refractivity contribution in [3.05, 3.63) is 23.2 Å². The summed E-state index contributed by atoms with van der Waals surface area (Å²) in [5.41, 5.74) is 1.64. The van der Waals surface area contributed by atoms with E-state index in [1.807, 2.05) is 0 Å². The van der Waals surface area contributed by atoms with Crippen LogP contribution in [0.1, 0.15) is 0 Å². The fraction of sp³-hybridized carbons (Fsp3) is 0.250. The van der Waals surface area contributed by atoms with Crippen LogP contribution in [0.3, 0.4) is 0 Å². The minimum atomic E-state index is 0.0466. The van der Waals surface area contributed by atoms with Crippen molar-refractivity contribution in [1.82, 2.24) is 15.0 Å². The van der Waals surface area contributed by atoms with Gasteiger partial charge in [-0.15, -0.1) is 5.10 Å². The Labute approximate surface area is 79.7 Å². The van der Waals surface area contributed by atoms with Crippen LogP contribution >= 0.6 is 11.6 Å². The lowest BCUT2D eigenvalue weighted by molar-refractivity contribution is 0.270. The molecule has 0 saturated carbocycles. The second-order valence-corrected chi connectivity index (χ2v) is 3.11. The van der Waals surface area contributed by atoms with Gasteiger partial charge in [-0.1, -0.05) is 16.8 Å². The molecule has 0 amide bonds. The molecule has 0 aliphatic heterocycles. The molecule has 1 heterocycles. The van der Waals surface area contributed by atoms with Crippen molar-refractivity contribution < 1.29 is 5.11 Å². The molecule has 2 aromatic rings. The molecule has 0 saturated heterocycles. The second-order valence-electron chi connectivity index (χ2n) is 2.67. The summed E-state index contributed by atoms with van der Waals surface area (Å²) in [7, 11) is 0. The van der Waals surface area contributed by atoms with Crippen LogP contribution < -0.4 is 0 Å². The quantitative estimate of drug-likeness (QED) is 0.784. The molecule has 13 heavy (non-hydrogen) atoms. The summed E-state index contributed by atoms with van der Waals surface area (Å²) in [5, 5.41) is 17.2. The van der Waals surface area contributed by atoms with E-state index in [0.29, 0.717) is 11.6 Å². The Balaban J connectivity index is 2.58. The summed E-state index contributed by atoms with van der Waals surface area (Å²) in [6.45, 7) is 0.488. The zero-order valence-corrected chi connectivity index (χ0v) is 7.57. The fourth-order valence-corrected chi connectivity index (χ4v) is 1.36. The van der Waals surface area contributed by atoms with E-state index in [4.69, 9.17) is 16.7 Å². The Morgan fingerprint density at radius 2 is 2.31 bits per heavy atom. The van der Waals surface area contributed by atoms with Crippen molar-refractivity contribution in [2.45, 2.75) is 6.54 Å². The molecule has 1 aromatic carbocycles. The number of benzene rings is 1. The molecule has 1 N–H and O–H groups in total. The third-order valence-electron chi connectivity index (χ3n) is 1.79. The Bertz CT molecular complexity index is 426. The third kappa shape index (κ3) is 1.50. The number of aromatic nitrogens is 3. The monoisotopic (exact) mass is 197 g/mol. The smallest absolute Gasteiger partial charge is 0.113 e. The lowest BCUT2D eigenvalue weighted by Gasteiger charge is -1.97. The van der Waals surface area contributed by atoms with E-state index in [9.17, 15) is 0 Å². The lowest BCUT2D eigenvalue weighted by atomic mass is 10.3. The summed E-state index contributed by atoms with van der Waals surface area (Å²) in [4.78, 5) is 0. The largest absolute Gasteiger partial charge is 0.394 e. The molecule has 0 aliphatic carbocycles. The van der Waals surface area contributed by atoms with Crippen molar-refractivity contribution in [3.8, 4) is 0 Å². The van der Waals surface area contributed by atoms with Gasteiger partial charge in [-0.25, -0.2) is 4.68 Å². The zero-order valence-electron chi connectivity index (χ0n) is 6.81. The van der Waals surface area contributed by atoms with Crippen LogP contribution in [0.25, 0.3) is 11.0 Å². The van der Waals surface area contributed by atoms with Gasteiger partial charge in [0.05, 0.1) is 18.7 Å². The van der Waals surface area contributed by atoms with Gasteiger partial charge in [-0.2, -0.15) is 0 Å². The first-order valence-corrected chi connectivity index (χ1v) is 4.28. The first kappa shape index (κ1) is 8.47. The fourth-order valence-electron chi connectivity index (χ4n) is 1.20. The van der Waals surface area contributed by atoms with Gasteiger partial charge in [-0.3, -0.25) is 0 Å². The second kappa shape index (κ2) is 3.32. The molecule has 0 fully saturated rings. The Kier molecular flexibility index (Phi) is 2.16. The lowest BCUT2D eigenvalue weighted by Crippen LogP contribution is -2.03. The predicted molar refractivity (Wildman–Crippen MR) is 49.6 cm³/mol. The van der Waals surface area contributed by atoms with Gasteiger partial charge in [0.1, 0.15) is 5.52 Å². The highest BCUT2D eigenvalue weighted by molar-refractivity contribution is 6.31. The molecule has 0 atom stereocenters. The highest BCUT2D eigenvalue weighted by atomic mass is 35.5. The summed E-state index contributed by atoms with van der Waals surface area (Å²) >= 11 is 5.82. The molecule has 0 bridgehead atoms. The highest BCUT2D eigenvalue weighted by Gasteiger charge is 2.03. The number of aliphatic hydroxyl groups excluding tert-OH is 1. The third-order valence-corrected chi connectivity index (χ3v) is 2.02. The van der Waals surface area contributed by atoms with E-state index in [-0.39, 0.29) is 6.61 Å². The van der Waals surface area contributed by atoms with E-state index in [1.165, 1.54) is 0 Å². The van der Waals surface area contributed by atoms with Crippen LogP contribution in [0, 0.1) is 0 Å². The maximum atomic E-state index is 8.75. The summed E-state index contributed by atoms with van der Waals surface area (Å²) in [6, 6.07) is 5.35. The van der Waals surface area contributed by atoms with E-state index in [0.717, 1.165) is 11.0 Å². The first-order chi connectivity index (χ1) is 6.31. The van der Waals surface area contributed by atoms with Crippen LogP contribution in [0.2, 0.25) is 5.02 Å². The number of nitrogens with zero attached hydrogens (tertiary/aromatic N) is 3. The molecule has 0 radical (unpaired) electrons. The van der Waals surface area contributed by atoms with Crippen LogP contribution in [0.4, 0.5) is 0 Å². The minimum Gasteiger partial charge on any atom is -0.394 e. The highest BCUT2D eigenvalue weighted by Crippen LogP contribution is 2.16. The van der Waals surface area contributed by atoms with Gasteiger partial charge in [0.25, 0.3) is 0 Å². The molecular formula is C8H8ClN3O. The summed E-state index contributed by atoms with van der Waals surface area (Å²) in [6.07, 6.45) is 0. The molecule has 0 unspecified atom stereocenters. The number of rotatable bonds is 2. The van der Waals surface area contributed by atoms with Crippen LogP contribution in [0.15, 0.2) is 18.2 Å². The zero-order chi connectivity index (χ0) is 9.26. The molecule has 1 aromatic heterocycles. The molecule has 0 aliphatic rings. The average molecular weight is 198 g/mol. The van der Waals surface area contributed by atoms with Crippen molar-refractivity contribution >= 4 is 22.6 Å². The maximum absolute atomic E-state index is 8.75. The number of hydrogen-bond donors (Lipinski definition) is 1. The van der Waals surface area contributed by atoms with Gasteiger partial charge in [0.2, 0.25) is 0 Å². The molecule has 68 valence electrons. The molecular weight excluding hydrogens is 190 g/mol. The van der Waals surface area contributed by atoms with Crippen molar-refractivity contribution in [2.24, 2.45) is 0 Å². The van der Waals surface area contributed by atoms with Crippen molar-refractivity contribution in [2.75, 3.05) is 6.61 Å². The Morgan fingerprint density at radius 3 is 3.08 bits per heavy atom. The van der Waals surface area contributed by atoms with Gasteiger partial charge in [0, 0.05) is 5.02 Å². The molecule has 5 heteroatoms. The van der Waals surface area contributed by atoms with Gasteiger partial charge in [-0.05, 0) is 18.2 Å². The molecule has 2 rings (SSSR count). The normalized spacial score (nSPS) is 10.9. The van der Waals surface area contributed by atoms with Crippen LogP contribution in [-0.2, 0) is 6.54 Å². The van der Waals surface area contributed by atoms with Crippen LogP contribution in [-0.4, -0.2) is 26.7 Å². The number of fused-ring (bicyclic) bond motifs is 1. The molecule has 0 spiro atoms. The topological polar surface area (TPSA) is 50.9 Å². The van der Waals surface area contributed by atoms with Crippen LogP contribution in [0.5, 0.6) is 0 Å². The standard InChI is InChI=1S/C8H8ClN3O/c9-6-1-2-7-8(5-6)12(3-4-13)11-10-7/h1-2,5,13H,3-4H2. The Morgan fingerprint density at radius 1 is 1.46 bits per heavy atom. The van der Waals surface area contributed by atoms with Gasteiger partial charge >= 0.3 is 0 Å². The molecule has 4 nitrogen and oxygen atoms in total. The number of hydrogen-bond acceptors (Lipinski definition) is 3. The van der Waals surface area contributed by atoms with Crippen molar-refractivity contribution in [1.29, 1.82) is 0 Å². The van der Waals surface area contributed by atoms with Gasteiger partial charge < -0.3 is 5.11 Å². The van der Waals surface area contributed by atoms with E-state index >= 15 is 0 Å². The Hall–Kier alpha value is -1.13. The van der Waals surface area contributed by atoms with E-state index in [1.54, 1.807) is 22.9 Å². The van der Waals surface area contributed by atoms with Crippen molar-refractivity contribution in [3.63, 3.8) is 0 Å². The average Bonchev–Trinajstić information content (AvgIpc) is 2.49. The summed E-state index contributed by atoms with van der Waals surface area (Å²) in [5.74, 6) is 0. The van der Waals surface area contributed by atoms with E-state index < -0.39 is 0 Å². The number of aliphatic hydroxyl groups is 1. The van der Waals surface area contributed by atoms with E-state index in [2.05, 4.69) is 10.3 Å². The SMILES string of the molecule is OCCn1nnc2ccc(Cl)cc21.